The molecule has 2 amide bonds. The summed E-state index contributed by atoms with van der Waals surface area (Å²) in [5.41, 5.74) is 0.825. The number of rotatable bonds is 6. The molecule has 0 aromatic heterocycles. The molecule has 1 aliphatic heterocycles. The smallest absolute Gasteiger partial charge is 0.257 e. The second-order valence-electron chi connectivity index (χ2n) is 6.72. The van der Waals surface area contributed by atoms with Gasteiger partial charge in [-0.05, 0) is 29.8 Å². The van der Waals surface area contributed by atoms with Crippen molar-refractivity contribution in [2.24, 2.45) is 0 Å². The van der Waals surface area contributed by atoms with Gasteiger partial charge in [0.15, 0.2) is 0 Å². The average molecular weight is 404 g/mol. The Bertz CT molecular complexity index is 840. The number of nitrogens with zero attached hydrogens (tertiary/aromatic N) is 2. The van der Waals surface area contributed by atoms with Gasteiger partial charge in [-0.15, -0.1) is 0 Å². The van der Waals surface area contributed by atoms with Gasteiger partial charge in [0.05, 0.1) is 5.56 Å². The summed E-state index contributed by atoms with van der Waals surface area (Å²) in [6.07, 6.45) is 0.195. The SMILES string of the molecule is O=C(CCN(Cc1cccc(Cl)c1)C(=O)c1ccccc1F)N1CCNCC1. The highest BCUT2D eigenvalue weighted by Gasteiger charge is 2.22. The monoisotopic (exact) mass is 403 g/mol. The van der Waals surface area contributed by atoms with Crippen molar-refractivity contribution in [1.82, 2.24) is 15.1 Å². The van der Waals surface area contributed by atoms with Crippen molar-refractivity contribution >= 4 is 23.4 Å². The van der Waals surface area contributed by atoms with Crippen molar-refractivity contribution in [3.63, 3.8) is 0 Å². The molecule has 1 heterocycles. The first-order valence-electron chi connectivity index (χ1n) is 9.31. The van der Waals surface area contributed by atoms with Gasteiger partial charge in [-0.3, -0.25) is 9.59 Å². The van der Waals surface area contributed by atoms with E-state index in [2.05, 4.69) is 5.32 Å². The molecule has 3 rings (SSSR count). The second kappa shape index (κ2) is 9.66. The number of benzene rings is 2. The predicted octanol–water partition coefficient (Wildman–Crippen LogP) is 2.94. The molecule has 1 fully saturated rings. The van der Waals surface area contributed by atoms with E-state index in [9.17, 15) is 14.0 Å². The van der Waals surface area contributed by atoms with Gasteiger partial charge in [0.25, 0.3) is 5.91 Å². The fraction of sp³-hybridized carbons (Fsp3) is 0.333. The fourth-order valence-corrected chi connectivity index (χ4v) is 3.43. The minimum atomic E-state index is -0.572. The Morgan fingerprint density at radius 1 is 1.11 bits per heavy atom. The molecule has 0 spiro atoms. The normalized spacial score (nSPS) is 14.0. The molecular formula is C21H23ClFN3O2. The molecule has 0 radical (unpaired) electrons. The summed E-state index contributed by atoms with van der Waals surface area (Å²) in [4.78, 5) is 28.8. The van der Waals surface area contributed by atoms with Crippen LogP contribution in [0.15, 0.2) is 48.5 Å². The van der Waals surface area contributed by atoms with E-state index in [1.54, 1.807) is 35.2 Å². The number of hydrogen-bond donors (Lipinski definition) is 1. The number of piperazine rings is 1. The quantitative estimate of drug-likeness (QED) is 0.806. The predicted molar refractivity (Wildman–Crippen MR) is 107 cm³/mol. The molecule has 0 atom stereocenters. The Balaban J connectivity index is 1.74. The van der Waals surface area contributed by atoms with E-state index in [0.29, 0.717) is 18.1 Å². The number of carbonyl (C=O) groups excluding carboxylic acids is 2. The first-order chi connectivity index (χ1) is 13.5. The lowest BCUT2D eigenvalue weighted by atomic mass is 10.1. The Hall–Kier alpha value is -2.44. The maximum atomic E-state index is 14.1. The molecule has 7 heteroatoms. The van der Waals surface area contributed by atoms with Crippen molar-refractivity contribution in [3.8, 4) is 0 Å². The molecule has 1 N–H and O–H groups in total. The van der Waals surface area contributed by atoms with Gasteiger partial charge in [-0.25, -0.2) is 4.39 Å². The summed E-state index contributed by atoms with van der Waals surface area (Å²) in [5.74, 6) is -1.01. The van der Waals surface area contributed by atoms with Crippen molar-refractivity contribution in [2.75, 3.05) is 32.7 Å². The van der Waals surface area contributed by atoms with Crippen LogP contribution >= 0.6 is 11.6 Å². The molecular weight excluding hydrogens is 381 g/mol. The van der Waals surface area contributed by atoms with E-state index < -0.39 is 11.7 Å². The van der Waals surface area contributed by atoms with Gasteiger partial charge in [-0.1, -0.05) is 35.9 Å². The molecule has 0 aliphatic carbocycles. The van der Waals surface area contributed by atoms with Crippen molar-refractivity contribution in [2.45, 2.75) is 13.0 Å². The molecule has 148 valence electrons. The van der Waals surface area contributed by atoms with E-state index in [1.165, 1.54) is 17.0 Å². The Morgan fingerprint density at radius 2 is 1.86 bits per heavy atom. The summed E-state index contributed by atoms with van der Waals surface area (Å²) >= 11 is 6.05. The third-order valence-corrected chi connectivity index (χ3v) is 4.95. The summed E-state index contributed by atoms with van der Waals surface area (Å²) in [6.45, 7) is 3.33. The number of halogens is 2. The topological polar surface area (TPSA) is 52.7 Å². The zero-order valence-corrected chi connectivity index (χ0v) is 16.3. The van der Waals surface area contributed by atoms with E-state index in [-0.39, 0.29) is 31.0 Å². The maximum Gasteiger partial charge on any atom is 0.257 e. The van der Waals surface area contributed by atoms with Crippen molar-refractivity contribution < 1.29 is 14.0 Å². The van der Waals surface area contributed by atoms with E-state index in [0.717, 1.165) is 18.7 Å². The van der Waals surface area contributed by atoms with Crippen LogP contribution in [0.5, 0.6) is 0 Å². The molecule has 1 aliphatic rings. The molecule has 28 heavy (non-hydrogen) atoms. The minimum absolute atomic E-state index is 0.000787. The molecule has 0 unspecified atom stereocenters. The van der Waals surface area contributed by atoms with Crippen LogP contribution in [0, 0.1) is 5.82 Å². The largest absolute Gasteiger partial charge is 0.340 e. The van der Waals surface area contributed by atoms with Crippen LogP contribution in [0.1, 0.15) is 22.3 Å². The summed E-state index contributed by atoms with van der Waals surface area (Å²) in [5, 5.41) is 3.77. The third-order valence-electron chi connectivity index (χ3n) is 4.72. The lowest BCUT2D eigenvalue weighted by Gasteiger charge is -2.29. The summed E-state index contributed by atoms with van der Waals surface area (Å²) in [6, 6.07) is 13.1. The number of hydrogen-bond acceptors (Lipinski definition) is 3. The molecule has 2 aromatic rings. The van der Waals surface area contributed by atoms with Gasteiger partial charge >= 0.3 is 0 Å². The number of carbonyl (C=O) groups is 2. The lowest BCUT2D eigenvalue weighted by molar-refractivity contribution is -0.132. The molecule has 1 saturated heterocycles. The van der Waals surface area contributed by atoms with Gasteiger partial charge in [0.2, 0.25) is 5.91 Å². The highest BCUT2D eigenvalue weighted by molar-refractivity contribution is 6.30. The molecule has 5 nitrogen and oxygen atoms in total. The first-order valence-corrected chi connectivity index (χ1v) is 9.69. The Labute approximate surface area is 169 Å². The van der Waals surface area contributed by atoms with Crippen LogP contribution in [0.25, 0.3) is 0 Å². The van der Waals surface area contributed by atoms with Crippen LogP contribution in [0.4, 0.5) is 4.39 Å². The fourth-order valence-electron chi connectivity index (χ4n) is 3.22. The molecule has 0 bridgehead atoms. The lowest BCUT2D eigenvalue weighted by Crippen LogP contribution is -2.47. The van der Waals surface area contributed by atoms with Crippen molar-refractivity contribution in [1.29, 1.82) is 0 Å². The van der Waals surface area contributed by atoms with E-state index in [1.807, 2.05) is 6.07 Å². The van der Waals surface area contributed by atoms with Gasteiger partial charge < -0.3 is 15.1 Å². The van der Waals surface area contributed by atoms with Crippen LogP contribution in [0.3, 0.4) is 0 Å². The van der Waals surface area contributed by atoms with Crippen LogP contribution < -0.4 is 5.32 Å². The van der Waals surface area contributed by atoms with Crippen molar-refractivity contribution in [3.05, 3.63) is 70.5 Å². The van der Waals surface area contributed by atoms with E-state index in [4.69, 9.17) is 11.6 Å². The zero-order chi connectivity index (χ0) is 19.9. The average Bonchev–Trinajstić information content (AvgIpc) is 2.71. The highest BCUT2D eigenvalue weighted by atomic mass is 35.5. The number of nitrogens with one attached hydrogen (secondary N) is 1. The van der Waals surface area contributed by atoms with Crippen LogP contribution in [0.2, 0.25) is 5.02 Å². The van der Waals surface area contributed by atoms with E-state index >= 15 is 0 Å². The Morgan fingerprint density at radius 3 is 2.57 bits per heavy atom. The van der Waals surface area contributed by atoms with Gasteiger partial charge in [0.1, 0.15) is 5.82 Å². The van der Waals surface area contributed by atoms with Crippen LogP contribution in [-0.2, 0) is 11.3 Å². The third kappa shape index (κ3) is 5.30. The first kappa shape index (κ1) is 20.3. The second-order valence-corrected chi connectivity index (χ2v) is 7.15. The standard InChI is InChI=1S/C21H23ClFN3O2/c22-17-5-3-4-16(14-17)15-26(21(28)18-6-1-2-7-19(18)23)11-8-20(27)25-12-9-24-10-13-25/h1-7,14,24H,8-13,15H2. The Kier molecular flexibility index (Phi) is 7.01. The molecule has 2 aromatic carbocycles. The summed E-state index contributed by atoms with van der Waals surface area (Å²) in [7, 11) is 0. The zero-order valence-electron chi connectivity index (χ0n) is 15.5. The van der Waals surface area contributed by atoms with Gasteiger partial charge in [0, 0.05) is 50.7 Å². The minimum Gasteiger partial charge on any atom is -0.340 e. The number of amides is 2. The van der Waals surface area contributed by atoms with Gasteiger partial charge in [-0.2, -0.15) is 0 Å². The summed E-state index contributed by atoms with van der Waals surface area (Å²) < 4.78 is 14.1. The van der Waals surface area contributed by atoms with Crippen LogP contribution in [-0.4, -0.2) is 54.3 Å². The molecule has 0 saturated carbocycles. The maximum absolute atomic E-state index is 14.1. The highest BCUT2D eigenvalue weighted by Crippen LogP contribution is 2.17.